The fourth-order valence-electron chi connectivity index (χ4n) is 1.48. The summed E-state index contributed by atoms with van der Waals surface area (Å²) in [6, 6.07) is 11.4. The minimum absolute atomic E-state index is 0.0333. The van der Waals surface area contributed by atoms with Crippen LogP contribution in [0.15, 0.2) is 36.4 Å². The number of nitriles is 1. The molecule has 6 heteroatoms. The first-order chi connectivity index (χ1) is 9.10. The summed E-state index contributed by atoms with van der Waals surface area (Å²) in [5.74, 6) is -0.598. The number of anilines is 2. The van der Waals surface area contributed by atoms with Crippen LogP contribution < -0.4 is 5.32 Å². The van der Waals surface area contributed by atoms with E-state index in [0.717, 1.165) is 0 Å². The number of halogens is 1. The number of rotatable bonds is 3. The SMILES string of the molecule is N#Cc1cccc(Nc2ccc(C(=O)O)c(Cl)c2)n1. The number of hydrogen-bond acceptors (Lipinski definition) is 4. The Labute approximate surface area is 114 Å². The van der Waals surface area contributed by atoms with Gasteiger partial charge in [-0.2, -0.15) is 5.26 Å². The minimum atomic E-state index is -1.08. The van der Waals surface area contributed by atoms with Gasteiger partial charge in [-0.1, -0.05) is 17.7 Å². The summed E-state index contributed by atoms with van der Waals surface area (Å²) in [7, 11) is 0. The molecule has 0 spiro atoms. The van der Waals surface area contributed by atoms with Crippen molar-refractivity contribution in [2.45, 2.75) is 0 Å². The lowest BCUT2D eigenvalue weighted by Gasteiger charge is -2.07. The standard InChI is InChI=1S/C13H8ClN3O2/c14-11-6-8(4-5-10(11)13(18)19)16-12-3-1-2-9(7-15)17-12/h1-6H,(H,16,17)(H,18,19). The number of nitrogens with zero attached hydrogens (tertiary/aromatic N) is 2. The molecule has 0 fully saturated rings. The van der Waals surface area contributed by atoms with Crippen molar-refractivity contribution < 1.29 is 9.90 Å². The molecule has 1 aromatic heterocycles. The van der Waals surface area contributed by atoms with E-state index in [9.17, 15) is 4.79 Å². The Morgan fingerprint density at radius 3 is 2.79 bits per heavy atom. The van der Waals surface area contributed by atoms with E-state index in [4.69, 9.17) is 22.0 Å². The van der Waals surface area contributed by atoms with Crippen LogP contribution in [0.3, 0.4) is 0 Å². The second kappa shape index (κ2) is 5.38. The summed E-state index contributed by atoms with van der Waals surface area (Å²) in [4.78, 5) is 14.9. The number of nitrogens with one attached hydrogen (secondary N) is 1. The molecule has 2 rings (SSSR count). The van der Waals surface area contributed by atoms with Gasteiger partial charge >= 0.3 is 5.97 Å². The van der Waals surface area contributed by atoms with Gasteiger partial charge in [0.1, 0.15) is 17.6 Å². The number of aromatic nitrogens is 1. The van der Waals surface area contributed by atoms with E-state index in [2.05, 4.69) is 10.3 Å². The van der Waals surface area contributed by atoms with Crippen LogP contribution in [0.1, 0.15) is 16.1 Å². The van der Waals surface area contributed by atoms with Crippen molar-refractivity contribution in [3.05, 3.63) is 52.7 Å². The number of carboxylic acids is 1. The summed E-state index contributed by atoms with van der Waals surface area (Å²) in [5.41, 5.74) is 0.918. The Morgan fingerprint density at radius 2 is 2.16 bits per heavy atom. The highest BCUT2D eigenvalue weighted by Gasteiger charge is 2.09. The highest BCUT2D eigenvalue weighted by Crippen LogP contribution is 2.23. The summed E-state index contributed by atoms with van der Waals surface area (Å²) >= 11 is 5.86. The van der Waals surface area contributed by atoms with E-state index in [-0.39, 0.29) is 10.6 Å². The topological polar surface area (TPSA) is 86.0 Å². The van der Waals surface area contributed by atoms with Crippen molar-refractivity contribution >= 4 is 29.1 Å². The Kier molecular flexibility index (Phi) is 3.64. The predicted molar refractivity (Wildman–Crippen MR) is 70.6 cm³/mol. The lowest BCUT2D eigenvalue weighted by molar-refractivity contribution is 0.0697. The number of carbonyl (C=O) groups is 1. The zero-order valence-corrected chi connectivity index (χ0v) is 10.3. The van der Waals surface area contributed by atoms with E-state index in [1.165, 1.54) is 12.1 Å². The fraction of sp³-hybridized carbons (Fsp3) is 0. The third-order valence-corrected chi connectivity index (χ3v) is 2.65. The van der Waals surface area contributed by atoms with Gasteiger partial charge in [0.2, 0.25) is 0 Å². The van der Waals surface area contributed by atoms with Crippen LogP contribution in [0.2, 0.25) is 5.02 Å². The van der Waals surface area contributed by atoms with Gasteiger partial charge in [0.05, 0.1) is 10.6 Å². The number of carboxylic acid groups (broad SMARTS) is 1. The first kappa shape index (κ1) is 12.9. The Balaban J connectivity index is 2.26. The van der Waals surface area contributed by atoms with Gasteiger partial charge in [-0.15, -0.1) is 0 Å². The first-order valence-corrected chi connectivity index (χ1v) is 5.65. The van der Waals surface area contributed by atoms with Gasteiger partial charge in [-0.3, -0.25) is 0 Å². The zero-order valence-electron chi connectivity index (χ0n) is 9.59. The lowest BCUT2D eigenvalue weighted by atomic mass is 10.2. The van der Waals surface area contributed by atoms with Crippen molar-refractivity contribution in [3.63, 3.8) is 0 Å². The molecule has 0 saturated heterocycles. The monoisotopic (exact) mass is 273 g/mol. The fourth-order valence-corrected chi connectivity index (χ4v) is 1.74. The van der Waals surface area contributed by atoms with E-state index < -0.39 is 5.97 Å². The maximum absolute atomic E-state index is 10.8. The molecule has 0 unspecified atom stereocenters. The molecule has 1 heterocycles. The molecule has 0 aliphatic heterocycles. The molecule has 0 bridgehead atoms. The van der Waals surface area contributed by atoms with Gasteiger partial charge in [-0.05, 0) is 30.3 Å². The molecule has 0 aliphatic carbocycles. The Hall–Kier alpha value is -2.58. The zero-order chi connectivity index (χ0) is 13.8. The molecule has 1 aromatic carbocycles. The molecule has 2 N–H and O–H groups in total. The van der Waals surface area contributed by atoms with Crippen LogP contribution >= 0.6 is 11.6 Å². The molecule has 5 nitrogen and oxygen atoms in total. The average Bonchev–Trinajstić information content (AvgIpc) is 2.38. The van der Waals surface area contributed by atoms with Crippen molar-refractivity contribution in [2.75, 3.05) is 5.32 Å². The smallest absolute Gasteiger partial charge is 0.337 e. The van der Waals surface area contributed by atoms with Crippen LogP contribution in [0.5, 0.6) is 0 Å². The van der Waals surface area contributed by atoms with Crippen molar-refractivity contribution in [3.8, 4) is 6.07 Å². The molecule has 0 amide bonds. The number of pyridine rings is 1. The highest BCUT2D eigenvalue weighted by molar-refractivity contribution is 6.33. The van der Waals surface area contributed by atoms with Crippen molar-refractivity contribution in [1.29, 1.82) is 5.26 Å². The van der Waals surface area contributed by atoms with Gasteiger partial charge in [0.15, 0.2) is 0 Å². The third kappa shape index (κ3) is 3.00. The maximum atomic E-state index is 10.8. The van der Waals surface area contributed by atoms with E-state index in [0.29, 0.717) is 17.2 Å². The molecule has 2 aromatic rings. The minimum Gasteiger partial charge on any atom is -0.478 e. The average molecular weight is 274 g/mol. The van der Waals surface area contributed by atoms with Crippen LogP contribution in [0.25, 0.3) is 0 Å². The second-order valence-corrected chi connectivity index (χ2v) is 4.05. The van der Waals surface area contributed by atoms with Crippen LogP contribution in [0.4, 0.5) is 11.5 Å². The van der Waals surface area contributed by atoms with E-state index in [1.54, 1.807) is 24.3 Å². The molecular weight excluding hydrogens is 266 g/mol. The number of aromatic carboxylic acids is 1. The van der Waals surface area contributed by atoms with E-state index >= 15 is 0 Å². The highest BCUT2D eigenvalue weighted by atomic mass is 35.5. The summed E-state index contributed by atoms with van der Waals surface area (Å²) in [5, 5.41) is 20.7. The normalized spacial score (nSPS) is 9.68. The second-order valence-electron chi connectivity index (χ2n) is 3.64. The number of hydrogen-bond donors (Lipinski definition) is 2. The molecule has 0 aliphatic rings. The largest absolute Gasteiger partial charge is 0.478 e. The number of benzene rings is 1. The van der Waals surface area contributed by atoms with Gasteiger partial charge in [-0.25, -0.2) is 9.78 Å². The van der Waals surface area contributed by atoms with Crippen molar-refractivity contribution in [2.24, 2.45) is 0 Å². The molecular formula is C13H8ClN3O2. The summed E-state index contributed by atoms with van der Waals surface area (Å²) in [6.07, 6.45) is 0. The molecule has 0 saturated carbocycles. The van der Waals surface area contributed by atoms with E-state index in [1.807, 2.05) is 6.07 Å². The van der Waals surface area contributed by atoms with Gasteiger partial charge in [0, 0.05) is 5.69 Å². The Morgan fingerprint density at radius 1 is 1.37 bits per heavy atom. The lowest BCUT2D eigenvalue weighted by Crippen LogP contribution is -1.99. The molecule has 0 radical (unpaired) electrons. The summed E-state index contributed by atoms with van der Waals surface area (Å²) in [6.45, 7) is 0. The van der Waals surface area contributed by atoms with Gasteiger partial charge in [0.25, 0.3) is 0 Å². The quantitative estimate of drug-likeness (QED) is 0.897. The molecule has 94 valence electrons. The maximum Gasteiger partial charge on any atom is 0.337 e. The third-order valence-electron chi connectivity index (χ3n) is 2.34. The summed E-state index contributed by atoms with van der Waals surface area (Å²) < 4.78 is 0. The predicted octanol–water partition coefficient (Wildman–Crippen LogP) is 3.05. The van der Waals surface area contributed by atoms with Crippen molar-refractivity contribution in [1.82, 2.24) is 4.98 Å². The van der Waals surface area contributed by atoms with Gasteiger partial charge < -0.3 is 10.4 Å². The van der Waals surface area contributed by atoms with Crippen LogP contribution in [-0.2, 0) is 0 Å². The van der Waals surface area contributed by atoms with Crippen LogP contribution in [-0.4, -0.2) is 16.1 Å². The van der Waals surface area contributed by atoms with Crippen LogP contribution in [0, 0.1) is 11.3 Å². The Bertz CT molecular complexity index is 680. The first-order valence-electron chi connectivity index (χ1n) is 5.27. The molecule has 19 heavy (non-hydrogen) atoms. The molecule has 0 atom stereocenters.